The molecule has 0 saturated heterocycles. The topological polar surface area (TPSA) is 111 Å². The van der Waals surface area contributed by atoms with E-state index in [0.717, 1.165) is 0 Å². The molecule has 9 heteroatoms. The molecular formula is C15H14ClIN4O3. The molecule has 2 aromatic rings. The highest BCUT2D eigenvalue weighted by atomic mass is 127. The molecule has 2 rings (SSSR count). The number of nitro groups is 1. The van der Waals surface area contributed by atoms with E-state index in [1.165, 1.54) is 19.1 Å². The van der Waals surface area contributed by atoms with Crippen molar-refractivity contribution in [3.05, 3.63) is 61.7 Å². The molecule has 24 heavy (non-hydrogen) atoms. The second-order valence-corrected chi connectivity index (χ2v) is 5.93. The van der Waals surface area contributed by atoms with Gasteiger partial charge in [0.15, 0.2) is 0 Å². The Hall–Kier alpha value is -2.20. The number of amides is 1. The normalized spacial score (nSPS) is 10.7. The van der Waals surface area contributed by atoms with Crippen molar-refractivity contribution in [2.24, 2.45) is 10.7 Å². The maximum atomic E-state index is 11.0. The lowest BCUT2D eigenvalue weighted by molar-refractivity contribution is -0.385. The van der Waals surface area contributed by atoms with E-state index in [0.29, 0.717) is 20.5 Å². The van der Waals surface area contributed by atoms with E-state index < -0.39 is 4.92 Å². The Balaban J connectivity index is 0.00000288. The highest BCUT2D eigenvalue weighted by Gasteiger charge is 2.11. The van der Waals surface area contributed by atoms with E-state index in [-0.39, 0.29) is 29.8 Å². The Bertz CT molecular complexity index is 794. The third-order valence-electron chi connectivity index (χ3n) is 2.83. The molecule has 0 radical (unpaired) electrons. The number of aliphatic imine (C=N–C) groups is 1. The maximum Gasteiger partial charge on any atom is 0.271 e. The SMILES string of the molecule is CC(=O)Nc1ccc(N=C(N)c2cc(I)cc([N+](=O)[O-])c2)cc1.Cl. The van der Waals surface area contributed by atoms with Crippen molar-refractivity contribution in [2.45, 2.75) is 6.92 Å². The number of halogens is 2. The van der Waals surface area contributed by atoms with E-state index >= 15 is 0 Å². The molecular weight excluding hydrogens is 447 g/mol. The summed E-state index contributed by atoms with van der Waals surface area (Å²) in [6.45, 7) is 1.42. The first-order valence-corrected chi connectivity index (χ1v) is 7.60. The summed E-state index contributed by atoms with van der Waals surface area (Å²) in [5.41, 5.74) is 7.62. The van der Waals surface area contributed by atoms with Crippen LogP contribution in [0.15, 0.2) is 47.5 Å². The molecule has 0 saturated carbocycles. The minimum absolute atomic E-state index is 0. The summed E-state index contributed by atoms with van der Waals surface area (Å²) in [5.74, 6) is 0.0193. The fourth-order valence-electron chi connectivity index (χ4n) is 1.85. The molecule has 0 spiro atoms. The van der Waals surface area contributed by atoms with Crippen LogP contribution in [0, 0.1) is 13.7 Å². The molecule has 0 aromatic heterocycles. The molecule has 3 N–H and O–H groups in total. The second kappa shape index (κ2) is 8.60. The Morgan fingerprint density at radius 2 is 1.88 bits per heavy atom. The molecule has 1 amide bonds. The number of benzene rings is 2. The average molecular weight is 461 g/mol. The number of hydrogen-bond donors (Lipinski definition) is 2. The Kier molecular flexibility index (Phi) is 7.11. The van der Waals surface area contributed by atoms with E-state index in [9.17, 15) is 14.9 Å². The van der Waals surface area contributed by atoms with Gasteiger partial charge in [0.1, 0.15) is 5.84 Å². The summed E-state index contributed by atoms with van der Waals surface area (Å²) in [4.78, 5) is 25.6. The number of amidine groups is 1. The molecule has 0 aliphatic heterocycles. The van der Waals surface area contributed by atoms with Gasteiger partial charge in [0.05, 0.1) is 10.6 Å². The first-order valence-electron chi connectivity index (χ1n) is 6.52. The fourth-order valence-corrected chi connectivity index (χ4v) is 2.51. The number of carbonyl (C=O) groups excluding carboxylic acids is 1. The number of nitrogens with two attached hydrogens (primary N) is 1. The van der Waals surface area contributed by atoms with Gasteiger partial charge in [-0.05, 0) is 52.9 Å². The first kappa shape index (κ1) is 19.8. The van der Waals surface area contributed by atoms with Crippen LogP contribution in [0.25, 0.3) is 0 Å². The average Bonchev–Trinajstić information content (AvgIpc) is 2.48. The predicted octanol–water partition coefficient (Wildman–Crippen LogP) is 3.62. The monoisotopic (exact) mass is 460 g/mol. The number of anilines is 1. The lowest BCUT2D eigenvalue weighted by Gasteiger charge is -2.04. The van der Waals surface area contributed by atoms with Gasteiger partial charge in [-0.25, -0.2) is 4.99 Å². The van der Waals surface area contributed by atoms with Crippen molar-refractivity contribution in [3.8, 4) is 0 Å². The van der Waals surface area contributed by atoms with Crippen LogP contribution >= 0.6 is 35.0 Å². The van der Waals surface area contributed by atoms with Crippen LogP contribution in [-0.2, 0) is 4.79 Å². The lowest BCUT2D eigenvalue weighted by Crippen LogP contribution is -2.13. The van der Waals surface area contributed by atoms with Gasteiger partial charge < -0.3 is 11.1 Å². The van der Waals surface area contributed by atoms with E-state index in [2.05, 4.69) is 10.3 Å². The minimum atomic E-state index is -0.471. The van der Waals surface area contributed by atoms with Gasteiger partial charge in [-0.2, -0.15) is 0 Å². The zero-order chi connectivity index (χ0) is 17.0. The van der Waals surface area contributed by atoms with Crippen LogP contribution in [0.3, 0.4) is 0 Å². The van der Waals surface area contributed by atoms with Gasteiger partial charge in [-0.3, -0.25) is 14.9 Å². The molecule has 7 nitrogen and oxygen atoms in total. The summed E-state index contributed by atoms with van der Waals surface area (Å²) < 4.78 is 0.700. The molecule has 0 bridgehead atoms. The zero-order valence-corrected chi connectivity index (χ0v) is 15.5. The zero-order valence-electron chi connectivity index (χ0n) is 12.5. The lowest BCUT2D eigenvalue weighted by atomic mass is 10.2. The summed E-state index contributed by atoms with van der Waals surface area (Å²) in [6, 6.07) is 11.3. The van der Waals surface area contributed by atoms with E-state index in [1.54, 1.807) is 30.3 Å². The number of rotatable bonds is 4. The Morgan fingerprint density at radius 3 is 2.42 bits per heavy atom. The molecule has 0 heterocycles. The maximum absolute atomic E-state index is 11.0. The van der Waals surface area contributed by atoms with Gasteiger partial charge in [0, 0.05) is 33.9 Å². The molecule has 126 valence electrons. The summed E-state index contributed by atoms with van der Waals surface area (Å²) >= 11 is 1.99. The van der Waals surface area contributed by atoms with Gasteiger partial charge >= 0.3 is 0 Å². The van der Waals surface area contributed by atoms with Crippen molar-refractivity contribution < 1.29 is 9.72 Å². The number of nitro benzene ring substituents is 1. The quantitative estimate of drug-likeness (QED) is 0.239. The summed E-state index contributed by atoms with van der Waals surface area (Å²) in [7, 11) is 0. The largest absolute Gasteiger partial charge is 0.383 e. The first-order chi connectivity index (χ1) is 10.8. The van der Waals surface area contributed by atoms with Crippen molar-refractivity contribution in [3.63, 3.8) is 0 Å². The number of hydrogen-bond acceptors (Lipinski definition) is 4. The van der Waals surface area contributed by atoms with E-state index in [4.69, 9.17) is 5.73 Å². The smallest absolute Gasteiger partial charge is 0.271 e. The number of nitrogens with one attached hydrogen (secondary N) is 1. The molecule has 0 aliphatic carbocycles. The number of non-ortho nitro benzene ring substituents is 1. The van der Waals surface area contributed by atoms with E-state index in [1.807, 2.05) is 22.6 Å². The van der Waals surface area contributed by atoms with Crippen LogP contribution in [-0.4, -0.2) is 16.7 Å². The third-order valence-corrected chi connectivity index (χ3v) is 3.45. The molecule has 2 aromatic carbocycles. The highest BCUT2D eigenvalue weighted by molar-refractivity contribution is 14.1. The summed E-state index contributed by atoms with van der Waals surface area (Å²) in [6.07, 6.45) is 0. The van der Waals surface area contributed by atoms with Gasteiger partial charge in [-0.1, -0.05) is 0 Å². The van der Waals surface area contributed by atoms with Gasteiger partial charge in [-0.15, -0.1) is 12.4 Å². The Labute approximate surface area is 158 Å². The van der Waals surface area contributed by atoms with Crippen molar-refractivity contribution in [2.75, 3.05) is 5.32 Å². The molecule has 0 unspecified atom stereocenters. The molecule has 0 fully saturated rings. The van der Waals surface area contributed by atoms with Crippen molar-refractivity contribution in [1.82, 2.24) is 0 Å². The van der Waals surface area contributed by atoms with Crippen LogP contribution in [0.2, 0.25) is 0 Å². The van der Waals surface area contributed by atoms with Crippen molar-refractivity contribution >= 4 is 63.8 Å². The van der Waals surface area contributed by atoms with Crippen LogP contribution in [0.4, 0.5) is 17.1 Å². The van der Waals surface area contributed by atoms with Crippen LogP contribution in [0.1, 0.15) is 12.5 Å². The minimum Gasteiger partial charge on any atom is -0.383 e. The van der Waals surface area contributed by atoms with Crippen LogP contribution in [0.5, 0.6) is 0 Å². The van der Waals surface area contributed by atoms with Gasteiger partial charge in [0.25, 0.3) is 5.69 Å². The fraction of sp³-hybridized carbons (Fsp3) is 0.0667. The highest BCUT2D eigenvalue weighted by Crippen LogP contribution is 2.21. The third kappa shape index (κ3) is 5.46. The van der Waals surface area contributed by atoms with Crippen LogP contribution < -0.4 is 11.1 Å². The van der Waals surface area contributed by atoms with Crippen molar-refractivity contribution in [1.29, 1.82) is 0 Å². The summed E-state index contributed by atoms with van der Waals surface area (Å²) in [5, 5.41) is 13.5. The predicted molar refractivity (Wildman–Crippen MR) is 104 cm³/mol. The second-order valence-electron chi connectivity index (χ2n) is 4.68. The molecule has 0 atom stereocenters. The number of carbonyl (C=O) groups is 1. The van der Waals surface area contributed by atoms with Gasteiger partial charge in [0.2, 0.25) is 5.91 Å². The number of nitrogens with zero attached hydrogens (tertiary/aromatic N) is 2. The standard InChI is InChI=1S/C15H13IN4O3.ClH/c1-9(21)18-12-2-4-13(5-3-12)19-15(17)10-6-11(16)8-14(7-10)20(22)23;/h2-8H,1H3,(H2,17,19)(H,18,21);1H. The molecule has 0 aliphatic rings. The Morgan fingerprint density at radius 1 is 1.25 bits per heavy atom.